The van der Waals surface area contributed by atoms with Gasteiger partial charge in [-0.1, -0.05) is 20.8 Å². The van der Waals surface area contributed by atoms with E-state index in [1.165, 1.54) is 0 Å². The molecule has 1 amide bonds. The molecule has 1 aliphatic rings. The molecule has 1 saturated heterocycles. The van der Waals surface area contributed by atoms with Crippen LogP contribution in [-0.4, -0.2) is 41.8 Å². The van der Waals surface area contributed by atoms with Gasteiger partial charge in [0.15, 0.2) is 0 Å². The first-order valence-corrected chi connectivity index (χ1v) is 5.08. The van der Waals surface area contributed by atoms with Gasteiger partial charge in [0.25, 0.3) is 0 Å². The fraction of sp³-hybridized carbons (Fsp3) is 0.900. The zero-order chi connectivity index (χ0) is 10.8. The lowest BCUT2D eigenvalue weighted by atomic mass is 9.91. The minimum absolute atomic E-state index is 0.0207. The first kappa shape index (κ1) is 11.5. The van der Waals surface area contributed by atoms with Crippen LogP contribution in [0.15, 0.2) is 0 Å². The van der Waals surface area contributed by atoms with Crippen LogP contribution in [0.25, 0.3) is 0 Å². The lowest BCUT2D eigenvalue weighted by Gasteiger charge is -2.32. The highest BCUT2D eigenvalue weighted by Gasteiger charge is 2.24. The number of hydrogen-bond donors (Lipinski definition) is 2. The van der Waals surface area contributed by atoms with Gasteiger partial charge in [0.1, 0.15) is 6.23 Å². The van der Waals surface area contributed by atoms with E-state index in [-0.39, 0.29) is 11.3 Å². The number of piperazine rings is 1. The molecule has 0 saturated carbocycles. The van der Waals surface area contributed by atoms with Gasteiger partial charge in [-0.25, -0.2) is 0 Å². The normalized spacial score (nSPS) is 23.7. The number of hydrogen-bond acceptors (Lipinski definition) is 3. The molecule has 82 valence electrons. The molecule has 0 aromatic rings. The van der Waals surface area contributed by atoms with E-state index >= 15 is 0 Å². The highest BCUT2D eigenvalue weighted by molar-refractivity contribution is 5.76. The van der Waals surface area contributed by atoms with Crippen LogP contribution in [0.1, 0.15) is 27.2 Å². The van der Waals surface area contributed by atoms with Gasteiger partial charge < -0.3 is 10.0 Å². The fourth-order valence-corrected chi connectivity index (χ4v) is 1.52. The molecule has 0 aliphatic carbocycles. The van der Waals surface area contributed by atoms with Gasteiger partial charge in [-0.15, -0.1) is 0 Å². The summed E-state index contributed by atoms with van der Waals surface area (Å²) in [6, 6.07) is 0. The molecule has 1 unspecified atom stereocenters. The quantitative estimate of drug-likeness (QED) is 0.634. The zero-order valence-corrected chi connectivity index (χ0v) is 9.21. The lowest BCUT2D eigenvalue weighted by molar-refractivity contribution is -0.136. The lowest BCUT2D eigenvalue weighted by Crippen LogP contribution is -2.52. The van der Waals surface area contributed by atoms with E-state index in [4.69, 9.17) is 0 Å². The van der Waals surface area contributed by atoms with Gasteiger partial charge in [0, 0.05) is 19.5 Å². The third-order valence-electron chi connectivity index (χ3n) is 2.19. The van der Waals surface area contributed by atoms with Crippen molar-refractivity contribution in [3.05, 3.63) is 0 Å². The second-order valence-corrected chi connectivity index (χ2v) is 5.05. The van der Waals surface area contributed by atoms with Crippen molar-refractivity contribution in [2.75, 3.05) is 19.6 Å². The molecule has 0 spiro atoms. The summed E-state index contributed by atoms with van der Waals surface area (Å²) in [6.07, 6.45) is -0.0210. The molecule has 4 heteroatoms. The molecule has 0 aromatic carbocycles. The highest BCUT2D eigenvalue weighted by atomic mass is 16.3. The van der Waals surface area contributed by atoms with Crippen molar-refractivity contribution in [1.29, 1.82) is 0 Å². The van der Waals surface area contributed by atoms with E-state index in [0.29, 0.717) is 26.1 Å². The van der Waals surface area contributed by atoms with Crippen LogP contribution in [0, 0.1) is 5.41 Å². The average Bonchev–Trinajstić information content (AvgIpc) is 2.01. The summed E-state index contributed by atoms with van der Waals surface area (Å²) in [6.45, 7) is 7.93. The minimum atomic E-state index is -0.562. The molecule has 0 radical (unpaired) electrons. The van der Waals surface area contributed by atoms with Crippen LogP contribution in [-0.2, 0) is 4.79 Å². The third-order valence-corrected chi connectivity index (χ3v) is 2.19. The second-order valence-electron chi connectivity index (χ2n) is 5.05. The van der Waals surface area contributed by atoms with Crippen molar-refractivity contribution >= 4 is 5.91 Å². The van der Waals surface area contributed by atoms with E-state index in [2.05, 4.69) is 5.32 Å². The topological polar surface area (TPSA) is 52.6 Å². The molecule has 4 nitrogen and oxygen atoms in total. The van der Waals surface area contributed by atoms with Crippen molar-refractivity contribution < 1.29 is 9.90 Å². The van der Waals surface area contributed by atoms with Crippen molar-refractivity contribution in [3.8, 4) is 0 Å². The maximum atomic E-state index is 11.7. The van der Waals surface area contributed by atoms with Crippen molar-refractivity contribution in [1.82, 2.24) is 10.2 Å². The van der Waals surface area contributed by atoms with Crippen LogP contribution in [0.3, 0.4) is 0 Å². The van der Waals surface area contributed by atoms with Gasteiger partial charge in [0.2, 0.25) is 5.91 Å². The van der Waals surface area contributed by atoms with Crippen molar-refractivity contribution in [2.24, 2.45) is 5.41 Å². The average molecular weight is 200 g/mol. The van der Waals surface area contributed by atoms with Crippen LogP contribution < -0.4 is 5.32 Å². The summed E-state index contributed by atoms with van der Waals surface area (Å²) in [5.74, 6) is 0.137. The molecule has 1 atom stereocenters. The molecular weight excluding hydrogens is 180 g/mol. The smallest absolute Gasteiger partial charge is 0.223 e. The summed E-state index contributed by atoms with van der Waals surface area (Å²) in [5.41, 5.74) is 0.0207. The van der Waals surface area contributed by atoms with Crippen molar-refractivity contribution in [2.45, 2.75) is 33.4 Å². The van der Waals surface area contributed by atoms with E-state index < -0.39 is 6.23 Å². The fourth-order valence-electron chi connectivity index (χ4n) is 1.52. The number of carbonyl (C=O) groups is 1. The largest absolute Gasteiger partial charge is 0.377 e. The Bertz CT molecular complexity index is 211. The number of nitrogens with one attached hydrogen (secondary N) is 1. The van der Waals surface area contributed by atoms with E-state index in [0.717, 1.165) is 0 Å². The van der Waals surface area contributed by atoms with Crippen LogP contribution >= 0.6 is 0 Å². The monoisotopic (exact) mass is 200 g/mol. The maximum absolute atomic E-state index is 11.7. The summed E-state index contributed by atoms with van der Waals surface area (Å²) >= 11 is 0. The molecule has 14 heavy (non-hydrogen) atoms. The van der Waals surface area contributed by atoms with Gasteiger partial charge in [-0.2, -0.15) is 0 Å². The van der Waals surface area contributed by atoms with E-state index in [1.54, 1.807) is 4.90 Å². The first-order chi connectivity index (χ1) is 6.38. The molecule has 1 rings (SSSR count). The van der Waals surface area contributed by atoms with Crippen LogP contribution in [0.2, 0.25) is 0 Å². The molecular formula is C10H20N2O2. The summed E-state index contributed by atoms with van der Waals surface area (Å²) in [4.78, 5) is 13.5. The molecule has 1 heterocycles. The Kier molecular flexibility index (Phi) is 3.50. The maximum Gasteiger partial charge on any atom is 0.223 e. The highest BCUT2D eigenvalue weighted by Crippen LogP contribution is 2.20. The van der Waals surface area contributed by atoms with Crippen LogP contribution in [0.4, 0.5) is 0 Å². The summed E-state index contributed by atoms with van der Waals surface area (Å²) < 4.78 is 0. The number of nitrogens with zero attached hydrogens (tertiary/aromatic N) is 1. The molecule has 1 aliphatic heterocycles. The Morgan fingerprint density at radius 3 is 2.71 bits per heavy atom. The Hall–Kier alpha value is -0.610. The van der Waals surface area contributed by atoms with Crippen molar-refractivity contribution in [3.63, 3.8) is 0 Å². The number of aliphatic hydroxyl groups excluding tert-OH is 1. The Labute approximate surface area is 85.3 Å². The molecule has 0 bridgehead atoms. The number of aliphatic hydroxyl groups is 1. The van der Waals surface area contributed by atoms with Gasteiger partial charge in [-0.3, -0.25) is 10.1 Å². The summed E-state index contributed by atoms with van der Waals surface area (Å²) in [5, 5.41) is 12.2. The molecule has 2 N–H and O–H groups in total. The van der Waals surface area contributed by atoms with Gasteiger partial charge >= 0.3 is 0 Å². The van der Waals surface area contributed by atoms with E-state index in [1.807, 2.05) is 20.8 Å². The predicted molar refractivity (Wildman–Crippen MR) is 54.7 cm³/mol. The molecule has 1 fully saturated rings. The van der Waals surface area contributed by atoms with Gasteiger partial charge in [0.05, 0.1) is 6.54 Å². The third kappa shape index (κ3) is 3.64. The second kappa shape index (κ2) is 4.28. The minimum Gasteiger partial charge on any atom is -0.377 e. The number of amides is 1. The zero-order valence-electron chi connectivity index (χ0n) is 9.21. The Balaban J connectivity index is 2.44. The predicted octanol–water partition coefficient (Wildman–Crippen LogP) is 0.173. The number of β-amino-alcohol motifs (C(OH)–C–C–N with tert-alkyl or cyclic N) is 1. The SMILES string of the molecule is CC(C)(C)CC(=O)N1CCNC(O)C1. The number of carbonyl (C=O) groups excluding carboxylic acids is 1. The van der Waals surface area contributed by atoms with Gasteiger partial charge in [-0.05, 0) is 5.41 Å². The molecule has 0 aromatic heterocycles. The Morgan fingerprint density at radius 1 is 1.57 bits per heavy atom. The number of rotatable bonds is 1. The standard InChI is InChI=1S/C10H20N2O2/c1-10(2,3)6-9(14)12-5-4-11-8(13)7-12/h8,11,13H,4-7H2,1-3H3. The summed E-state index contributed by atoms with van der Waals surface area (Å²) in [7, 11) is 0. The van der Waals surface area contributed by atoms with Crippen LogP contribution in [0.5, 0.6) is 0 Å². The van der Waals surface area contributed by atoms with E-state index in [9.17, 15) is 9.90 Å². The first-order valence-electron chi connectivity index (χ1n) is 5.08. The Morgan fingerprint density at radius 2 is 2.21 bits per heavy atom.